The van der Waals surface area contributed by atoms with Crippen LogP contribution >= 0.6 is 11.6 Å². The lowest BCUT2D eigenvalue weighted by molar-refractivity contribution is -0.137. The summed E-state index contributed by atoms with van der Waals surface area (Å²) in [5.74, 6) is -0.567. The van der Waals surface area contributed by atoms with Crippen LogP contribution in [0.3, 0.4) is 0 Å². The molecule has 5 heterocycles. The first-order valence-electron chi connectivity index (χ1n) is 10.6. The van der Waals surface area contributed by atoms with Crippen molar-refractivity contribution in [1.82, 2.24) is 30.0 Å². The Morgan fingerprint density at radius 2 is 2.06 bits per heavy atom. The third kappa shape index (κ3) is 3.73. The molecule has 3 N–H and O–H groups in total. The third-order valence-corrected chi connectivity index (χ3v) is 6.85. The second-order valence-electron chi connectivity index (χ2n) is 8.75. The SMILES string of the molecule is C[C@H](NC(=O)N1CC2(CCn3nc(-c4cnc(N)c(C(F)(F)F)c4)cc32)C1)c1ccncc1Cl. The van der Waals surface area contributed by atoms with Gasteiger partial charge in [0.1, 0.15) is 5.82 Å². The largest absolute Gasteiger partial charge is 0.419 e. The van der Waals surface area contributed by atoms with Gasteiger partial charge in [0.05, 0.1) is 22.3 Å². The number of urea groups is 1. The Kier molecular flexibility index (Phi) is 5.19. The van der Waals surface area contributed by atoms with Gasteiger partial charge in [0, 0.05) is 54.9 Å². The minimum atomic E-state index is -4.60. The number of nitrogens with two attached hydrogens (primary N) is 1. The van der Waals surface area contributed by atoms with Crippen LogP contribution in [0.15, 0.2) is 36.8 Å². The van der Waals surface area contributed by atoms with E-state index in [1.807, 2.05) is 6.92 Å². The Hall–Kier alpha value is -3.34. The normalized spacial score (nSPS) is 17.4. The predicted octanol–water partition coefficient (Wildman–Crippen LogP) is 4.02. The summed E-state index contributed by atoms with van der Waals surface area (Å²) in [4.78, 5) is 22.1. The van der Waals surface area contributed by atoms with Crippen molar-refractivity contribution in [2.45, 2.75) is 37.5 Å². The summed E-state index contributed by atoms with van der Waals surface area (Å²) >= 11 is 6.17. The highest BCUT2D eigenvalue weighted by molar-refractivity contribution is 6.31. The van der Waals surface area contributed by atoms with Crippen LogP contribution in [-0.2, 0) is 18.1 Å². The van der Waals surface area contributed by atoms with Crippen LogP contribution in [0.1, 0.15) is 36.2 Å². The van der Waals surface area contributed by atoms with E-state index in [-0.39, 0.29) is 23.1 Å². The van der Waals surface area contributed by atoms with Crippen LogP contribution in [0.25, 0.3) is 11.3 Å². The van der Waals surface area contributed by atoms with Gasteiger partial charge in [-0.15, -0.1) is 0 Å². The number of alkyl halides is 3. The van der Waals surface area contributed by atoms with E-state index in [1.165, 1.54) is 12.4 Å². The quantitative estimate of drug-likeness (QED) is 0.576. The molecule has 12 heteroatoms. The van der Waals surface area contributed by atoms with Crippen molar-refractivity contribution >= 4 is 23.4 Å². The lowest BCUT2D eigenvalue weighted by Crippen LogP contribution is -2.62. The third-order valence-electron chi connectivity index (χ3n) is 6.53. The zero-order valence-corrected chi connectivity index (χ0v) is 18.9. The molecule has 0 saturated carbocycles. The Balaban J connectivity index is 1.30. The number of nitrogen functional groups attached to an aromatic ring is 1. The average Bonchev–Trinajstić information content (AvgIpc) is 3.31. The molecule has 5 rings (SSSR count). The van der Waals surface area contributed by atoms with Gasteiger partial charge in [0.15, 0.2) is 0 Å². The highest BCUT2D eigenvalue weighted by atomic mass is 35.5. The van der Waals surface area contributed by atoms with E-state index in [2.05, 4.69) is 20.4 Å². The maximum absolute atomic E-state index is 13.2. The maximum Gasteiger partial charge on any atom is 0.419 e. The molecule has 0 unspecified atom stereocenters. The zero-order valence-electron chi connectivity index (χ0n) is 18.1. The van der Waals surface area contributed by atoms with Crippen LogP contribution in [0.5, 0.6) is 0 Å². The molecule has 0 aromatic carbocycles. The van der Waals surface area contributed by atoms with E-state index >= 15 is 0 Å². The molecule has 178 valence electrons. The van der Waals surface area contributed by atoms with Gasteiger partial charge < -0.3 is 16.0 Å². The van der Waals surface area contributed by atoms with Gasteiger partial charge >= 0.3 is 12.2 Å². The standard InChI is InChI=1S/C22H21ClF3N7O/c1-12(14-2-4-28-9-16(14)23)30-20(34)32-10-21(11-32)3-5-33-18(21)7-17(31-33)13-6-15(22(24,25)26)19(27)29-8-13/h2,4,6-9,12H,3,5,10-11H2,1H3,(H2,27,29)(H,30,34)/t12-/m0/s1. The second-order valence-corrected chi connectivity index (χ2v) is 9.15. The highest BCUT2D eigenvalue weighted by Crippen LogP contribution is 2.44. The predicted molar refractivity (Wildman–Crippen MR) is 119 cm³/mol. The van der Waals surface area contributed by atoms with Gasteiger partial charge in [-0.1, -0.05) is 11.6 Å². The van der Waals surface area contributed by atoms with Crippen molar-refractivity contribution in [1.29, 1.82) is 0 Å². The number of fused-ring (bicyclic) bond motifs is 2. The summed E-state index contributed by atoms with van der Waals surface area (Å²) in [6.07, 6.45) is 0.647. The summed E-state index contributed by atoms with van der Waals surface area (Å²) in [6, 6.07) is 4.02. The van der Waals surface area contributed by atoms with Gasteiger partial charge in [0.2, 0.25) is 0 Å². The molecule has 3 aromatic heterocycles. The molecule has 1 spiro atoms. The first-order valence-corrected chi connectivity index (χ1v) is 11.0. The van der Waals surface area contributed by atoms with E-state index in [0.717, 1.165) is 23.7 Å². The number of aromatic nitrogens is 4. The van der Waals surface area contributed by atoms with Crippen LogP contribution in [0, 0.1) is 0 Å². The number of anilines is 1. The van der Waals surface area contributed by atoms with Crippen LogP contribution < -0.4 is 11.1 Å². The van der Waals surface area contributed by atoms with E-state index in [4.69, 9.17) is 17.3 Å². The molecule has 2 aliphatic rings. The number of carbonyl (C=O) groups excluding carboxylic acids is 1. The molecule has 0 radical (unpaired) electrons. The van der Waals surface area contributed by atoms with E-state index < -0.39 is 17.6 Å². The number of hydrogen-bond acceptors (Lipinski definition) is 5. The molecule has 3 aromatic rings. The number of likely N-dealkylation sites (tertiary alicyclic amines) is 1. The number of halogens is 4. The van der Waals surface area contributed by atoms with Crippen LogP contribution in [-0.4, -0.2) is 43.8 Å². The van der Waals surface area contributed by atoms with Crippen LogP contribution in [0.2, 0.25) is 5.02 Å². The Labute approximate surface area is 197 Å². The number of nitrogens with zero attached hydrogens (tertiary/aromatic N) is 5. The summed E-state index contributed by atoms with van der Waals surface area (Å²) < 4.78 is 41.5. The fourth-order valence-electron chi connectivity index (χ4n) is 4.69. The average molecular weight is 492 g/mol. The number of rotatable bonds is 3. The minimum Gasteiger partial charge on any atom is -0.383 e. The van der Waals surface area contributed by atoms with E-state index in [1.54, 1.807) is 27.9 Å². The molecule has 2 amide bonds. The first-order chi connectivity index (χ1) is 16.1. The van der Waals surface area contributed by atoms with Crippen molar-refractivity contribution in [2.75, 3.05) is 18.8 Å². The fourth-order valence-corrected chi connectivity index (χ4v) is 4.97. The monoisotopic (exact) mass is 491 g/mol. The van der Waals surface area contributed by atoms with E-state index in [9.17, 15) is 18.0 Å². The lowest BCUT2D eigenvalue weighted by Gasteiger charge is -2.47. The Morgan fingerprint density at radius 1 is 1.29 bits per heavy atom. The van der Waals surface area contributed by atoms with Crippen LogP contribution in [0.4, 0.5) is 23.8 Å². The van der Waals surface area contributed by atoms with E-state index in [0.29, 0.717) is 30.4 Å². The molecule has 0 bridgehead atoms. The number of aryl methyl sites for hydroxylation is 1. The molecular weight excluding hydrogens is 471 g/mol. The van der Waals surface area contributed by atoms with Gasteiger partial charge in [0.25, 0.3) is 0 Å². The number of pyridine rings is 2. The van der Waals surface area contributed by atoms with Gasteiger partial charge in [-0.25, -0.2) is 9.78 Å². The first kappa shape index (κ1) is 22.5. The molecular formula is C22H21ClF3N7O. The summed E-state index contributed by atoms with van der Waals surface area (Å²) in [5, 5.41) is 7.92. The minimum absolute atomic E-state index is 0.207. The van der Waals surface area contributed by atoms with Gasteiger partial charge in [-0.05, 0) is 37.1 Å². The lowest BCUT2D eigenvalue weighted by atomic mass is 9.76. The van der Waals surface area contributed by atoms with Crippen molar-refractivity contribution in [3.63, 3.8) is 0 Å². The number of hydrogen-bond donors (Lipinski definition) is 2. The Morgan fingerprint density at radius 3 is 2.76 bits per heavy atom. The summed E-state index contributed by atoms with van der Waals surface area (Å²) in [6.45, 7) is 3.47. The van der Waals surface area contributed by atoms with Crippen molar-refractivity contribution in [3.8, 4) is 11.3 Å². The number of nitrogens with one attached hydrogen (secondary N) is 1. The number of amides is 2. The Bertz CT molecular complexity index is 1270. The molecule has 2 aliphatic heterocycles. The zero-order chi connectivity index (χ0) is 24.3. The summed E-state index contributed by atoms with van der Waals surface area (Å²) in [7, 11) is 0. The van der Waals surface area contributed by atoms with Gasteiger partial charge in [-0.3, -0.25) is 9.67 Å². The topological polar surface area (TPSA) is 102 Å². The fraction of sp³-hybridized carbons (Fsp3) is 0.364. The molecule has 0 aliphatic carbocycles. The molecule has 1 fully saturated rings. The molecule has 34 heavy (non-hydrogen) atoms. The molecule has 1 atom stereocenters. The number of carbonyl (C=O) groups is 1. The van der Waals surface area contributed by atoms with Crippen molar-refractivity contribution in [3.05, 3.63) is 58.6 Å². The second kappa shape index (κ2) is 7.86. The van der Waals surface area contributed by atoms with Crippen molar-refractivity contribution < 1.29 is 18.0 Å². The molecule has 8 nitrogen and oxygen atoms in total. The maximum atomic E-state index is 13.2. The van der Waals surface area contributed by atoms with Gasteiger partial charge in [-0.2, -0.15) is 18.3 Å². The summed E-state index contributed by atoms with van der Waals surface area (Å²) in [5.41, 5.74) is 6.49. The van der Waals surface area contributed by atoms with Crippen molar-refractivity contribution in [2.24, 2.45) is 0 Å². The smallest absolute Gasteiger partial charge is 0.383 e. The highest BCUT2D eigenvalue weighted by Gasteiger charge is 2.51. The molecule has 1 saturated heterocycles.